The van der Waals surface area contributed by atoms with Crippen molar-refractivity contribution in [3.8, 4) is 0 Å². The molecule has 5 saturated carbocycles. The zero-order valence-electron chi connectivity index (χ0n) is 18.0. The maximum Gasteiger partial charge on any atom is -0.0269 e. The lowest BCUT2D eigenvalue weighted by atomic mass is 9.45. The van der Waals surface area contributed by atoms with Crippen LogP contribution in [0.5, 0.6) is 0 Å². The number of unbranched alkanes of at least 4 members (excludes halogenated alkanes) is 1. The fraction of sp³-hybridized carbons (Fsp3) is 1.00. The van der Waals surface area contributed by atoms with Gasteiger partial charge >= 0.3 is 0 Å². The topological polar surface area (TPSA) is 0 Å². The van der Waals surface area contributed by atoms with E-state index in [0.29, 0.717) is 0 Å². The van der Waals surface area contributed by atoms with Crippen LogP contribution in [-0.4, -0.2) is 0 Å². The lowest BCUT2D eigenvalue weighted by molar-refractivity contribution is -0.0958. The second-order valence-corrected chi connectivity index (χ2v) is 11.2. The average molecular weight is 359 g/mol. The summed E-state index contributed by atoms with van der Waals surface area (Å²) in [5.41, 5.74) is 1.61. The Hall–Kier alpha value is 0. The highest BCUT2D eigenvalue weighted by Crippen LogP contribution is 2.66. The van der Waals surface area contributed by atoms with E-state index in [1.165, 1.54) is 25.7 Å². The summed E-state index contributed by atoms with van der Waals surface area (Å²) in [6.07, 6.45) is 28.1. The summed E-state index contributed by atoms with van der Waals surface area (Å²) in [5.74, 6) is 4.36. The fourth-order valence-electron chi connectivity index (χ4n) is 8.21. The fourth-order valence-corrected chi connectivity index (χ4v) is 8.21. The Morgan fingerprint density at radius 3 is 1.38 bits per heavy atom. The first-order valence-corrected chi connectivity index (χ1v) is 12.7. The average Bonchev–Trinajstić information content (AvgIpc) is 2.74. The van der Waals surface area contributed by atoms with Gasteiger partial charge in [-0.05, 0) is 98.7 Å². The molecule has 26 heavy (non-hydrogen) atoms. The summed E-state index contributed by atoms with van der Waals surface area (Å²) in [4.78, 5) is 0. The van der Waals surface area contributed by atoms with Crippen LogP contribution in [0.1, 0.15) is 129 Å². The number of fused-ring (bicyclic) bond motifs is 3. The maximum absolute atomic E-state index is 2.41. The molecule has 0 radical (unpaired) electrons. The van der Waals surface area contributed by atoms with Crippen LogP contribution >= 0.6 is 0 Å². The molecule has 0 amide bonds. The van der Waals surface area contributed by atoms with Gasteiger partial charge in [-0.2, -0.15) is 0 Å². The molecule has 0 heterocycles. The predicted molar refractivity (Wildman–Crippen MR) is 113 cm³/mol. The standard InChI is InChI=1S/C26H46/c1-3-5-6-22-9-13-24(14-10-22)26-18-15-25(16-19-26,17-20-26)23-11-7-21(4-2)8-12-23/h21-24H,3-20H2,1-2H3/t21?,22-,23?,24-,25?,26?. The van der Waals surface area contributed by atoms with Gasteiger partial charge in [0.2, 0.25) is 0 Å². The van der Waals surface area contributed by atoms with E-state index in [2.05, 4.69) is 13.8 Å². The van der Waals surface area contributed by atoms with Gasteiger partial charge in [-0.25, -0.2) is 0 Å². The minimum Gasteiger partial charge on any atom is -0.0654 e. The minimum absolute atomic E-state index is 0.804. The Morgan fingerprint density at radius 2 is 1.00 bits per heavy atom. The van der Waals surface area contributed by atoms with Gasteiger partial charge in [-0.15, -0.1) is 0 Å². The molecule has 5 aliphatic rings. The Labute approximate surface area is 164 Å². The first-order valence-electron chi connectivity index (χ1n) is 12.7. The molecule has 0 aliphatic heterocycles. The van der Waals surface area contributed by atoms with E-state index in [1.54, 1.807) is 89.9 Å². The van der Waals surface area contributed by atoms with Gasteiger partial charge in [0, 0.05) is 0 Å². The molecule has 150 valence electrons. The SMILES string of the molecule is CCCC[C@H]1CC[C@H](C23CCC(C4CCC(CC)CC4)(CC2)CC3)CC1. The summed E-state index contributed by atoms with van der Waals surface area (Å²) < 4.78 is 0. The molecule has 0 spiro atoms. The minimum atomic E-state index is 0.804. The van der Waals surface area contributed by atoms with Gasteiger partial charge in [0.1, 0.15) is 0 Å². The molecule has 0 N–H and O–H groups in total. The van der Waals surface area contributed by atoms with E-state index in [9.17, 15) is 0 Å². The molecular formula is C26H46. The molecule has 0 aromatic heterocycles. The third-order valence-electron chi connectivity index (χ3n) is 10.3. The highest BCUT2D eigenvalue weighted by atomic mass is 14.6. The van der Waals surface area contributed by atoms with Crippen molar-refractivity contribution in [3.05, 3.63) is 0 Å². The molecule has 0 aromatic rings. The molecule has 0 heteroatoms. The van der Waals surface area contributed by atoms with E-state index in [-0.39, 0.29) is 0 Å². The third kappa shape index (κ3) is 3.65. The first-order chi connectivity index (χ1) is 12.7. The Kier molecular flexibility index (Phi) is 6.07. The van der Waals surface area contributed by atoms with Crippen LogP contribution in [0.15, 0.2) is 0 Å². The highest BCUT2D eigenvalue weighted by molar-refractivity contribution is 5.05. The van der Waals surface area contributed by atoms with Crippen molar-refractivity contribution >= 4 is 0 Å². The summed E-state index contributed by atoms with van der Waals surface area (Å²) >= 11 is 0. The Bertz CT molecular complexity index is 408. The smallest absolute Gasteiger partial charge is 0.0269 e. The Morgan fingerprint density at radius 1 is 0.577 bits per heavy atom. The van der Waals surface area contributed by atoms with E-state index >= 15 is 0 Å². The van der Waals surface area contributed by atoms with Crippen molar-refractivity contribution in [2.75, 3.05) is 0 Å². The molecule has 0 atom stereocenters. The van der Waals surface area contributed by atoms with Crippen LogP contribution in [0.2, 0.25) is 0 Å². The van der Waals surface area contributed by atoms with Gasteiger partial charge in [0.05, 0.1) is 0 Å². The first kappa shape index (κ1) is 19.3. The molecule has 0 aromatic carbocycles. The molecule has 0 unspecified atom stereocenters. The second kappa shape index (κ2) is 8.16. The molecular weight excluding hydrogens is 312 g/mol. The van der Waals surface area contributed by atoms with Crippen LogP contribution in [0.3, 0.4) is 0 Å². The van der Waals surface area contributed by atoms with Gasteiger partial charge in [-0.3, -0.25) is 0 Å². The van der Waals surface area contributed by atoms with Crippen LogP contribution in [0.25, 0.3) is 0 Å². The summed E-state index contributed by atoms with van der Waals surface area (Å²) in [7, 11) is 0. The van der Waals surface area contributed by atoms with E-state index in [1.807, 2.05) is 0 Å². The molecule has 0 saturated heterocycles. The van der Waals surface area contributed by atoms with Crippen LogP contribution in [0, 0.1) is 34.5 Å². The molecule has 2 bridgehead atoms. The highest BCUT2D eigenvalue weighted by Gasteiger charge is 2.54. The number of hydrogen-bond donors (Lipinski definition) is 0. The zero-order chi connectivity index (χ0) is 18.0. The van der Waals surface area contributed by atoms with Crippen LogP contribution in [-0.2, 0) is 0 Å². The van der Waals surface area contributed by atoms with Crippen molar-refractivity contribution in [1.29, 1.82) is 0 Å². The molecule has 0 nitrogen and oxygen atoms in total. The van der Waals surface area contributed by atoms with Crippen molar-refractivity contribution in [2.45, 2.75) is 129 Å². The number of hydrogen-bond acceptors (Lipinski definition) is 0. The van der Waals surface area contributed by atoms with Gasteiger partial charge in [0.15, 0.2) is 0 Å². The zero-order valence-corrected chi connectivity index (χ0v) is 18.0. The van der Waals surface area contributed by atoms with Crippen molar-refractivity contribution in [1.82, 2.24) is 0 Å². The lowest BCUT2D eigenvalue weighted by Gasteiger charge is -2.60. The quantitative estimate of drug-likeness (QED) is 0.446. The van der Waals surface area contributed by atoms with Gasteiger partial charge in [0.25, 0.3) is 0 Å². The van der Waals surface area contributed by atoms with E-state index < -0.39 is 0 Å². The lowest BCUT2D eigenvalue weighted by Crippen LogP contribution is -2.49. The third-order valence-corrected chi connectivity index (χ3v) is 10.3. The second-order valence-electron chi connectivity index (χ2n) is 11.2. The number of rotatable bonds is 6. The summed E-state index contributed by atoms with van der Waals surface area (Å²) in [5, 5.41) is 0. The molecule has 5 fully saturated rings. The molecule has 5 rings (SSSR count). The van der Waals surface area contributed by atoms with Crippen LogP contribution in [0.4, 0.5) is 0 Å². The Balaban J connectivity index is 1.30. The normalized spacial score (nSPS) is 46.4. The van der Waals surface area contributed by atoms with Crippen LogP contribution < -0.4 is 0 Å². The van der Waals surface area contributed by atoms with Crippen molar-refractivity contribution in [2.24, 2.45) is 34.5 Å². The summed E-state index contributed by atoms with van der Waals surface area (Å²) in [6.45, 7) is 4.77. The van der Waals surface area contributed by atoms with Gasteiger partial charge in [-0.1, -0.05) is 65.2 Å². The predicted octanol–water partition coefficient (Wildman–Crippen LogP) is 8.54. The largest absolute Gasteiger partial charge is 0.0654 e. The molecule has 5 aliphatic carbocycles. The maximum atomic E-state index is 2.41. The summed E-state index contributed by atoms with van der Waals surface area (Å²) in [6, 6.07) is 0. The van der Waals surface area contributed by atoms with Crippen molar-refractivity contribution in [3.63, 3.8) is 0 Å². The van der Waals surface area contributed by atoms with Crippen molar-refractivity contribution < 1.29 is 0 Å². The van der Waals surface area contributed by atoms with E-state index in [0.717, 1.165) is 34.5 Å². The van der Waals surface area contributed by atoms with E-state index in [4.69, 9.17) is 0 Å². The van der Waals surface area contributed by atoms with Gasteiger partial charge < -0.3 is 0 Å². The monoisotopic (exact) mass is 358 g/mol.